The predicted molar refractivity (Wildman–Crippen MR) is 49.6 cm³/mol. The maximum atomic E-state index is 8.89. The third-order valence-corrected chi connectivity index (χ3v) is 2.23. The first-order valence-corrected chi connectivity index (χ1v) is 4.81. The molecule has 0 amide bonds. The fourth-order valence-electron chi connectivity index (χ4n) is 1.24. The first-order valence-electron chi connectivity index (χ1n) is 4.81. The van der Waals surface area contributed by atoms with Crippen molar-refractivity contribution in [2.75, 3.05) is 6.61 Å². The summed E-state index contributed by atoms with van der Waals surface area (Å²) < 4.78 is 0. The van der Waals surface area contributed by atoms with Crippen LogP contribution < -0.4 is 0 Å². The number of hydrogen-bond acceptors (Lipinski definition) is 1. The normalized spacial score (nSPS) is 13.9. The van der Waals surface area contributed by atoms with Crippen LogP contribution in [0.25, 0.3) is 0 Å². The fourth-order valence-corrected chi connectivity index (χ4v) is 1.24. The van der Waals surface area contributed by atoms with E-state index in [2.05, 4.69) is 20.8 Å². The molecule has 0 aliphatic carbocycles. The summed E-state index contributed by atoms with van der Waals surface area (Å²) in [5.41, 5.74) is 0. The highest BCUT2D eigenvalue weighted by molar-refractivity contribution is 4.56. The zero-order valence-electron chi connectivity index (χ0n) is 8.14. The van der Waals surface area contributed by atoms with E-state index >= 15 is 0 Å². The quantitative estimate of drug-likeness (QED) is 0.630. The predicted octanol–water partition coefficient (Wildman–Crippen LogP) is 2.83. The van der Waals surface area contributed by atoms with Crippen LogP contribution in [0.5, 0.6) is 0 Å². The van der Waals surface area contributed by atoms with E-state index in [0.29, 0.717) is 12.5 Å². The van der Waals surface area contributed by atoms with E-state index in [1.54, 1.807) is 0 Å². The summed E-state index contributed by atoms with van der Waals surface area (Å²) in [6.07, 6.45) is 4.90. The Morgan fingerprint density at radius 2 is 1.82 bits per heavy atom. The van der Waals surface area contributed by atoms with Crippen molar-refractivity contribution in [3.05, 3.63) is 0 Å². The Kier molecular flexibility index (Phi) is 6.63. The Balaban J connectivity index is 3.21. The topological polar surface area (TPSA) is 20.2 Å². The van der Waals surface area contributed by atoms with Gasteiger partial charge in [0.2, 0.25) is 0 Å². The molecule has 1 atom stereocenters. The van der Waals surface area contributed by atoms with E-state index in [1.807, 2.05) is 0 Å². The number of aliphatic hydroxyl groups excluding tert-OH is 1. The molecule has 1 heteroatoms. The molecule has 1 N–H and O–H groups in total. The lowest BCUT2D eigenvalue weighted by Crippen LogP contribution is -2.04. The van der Waals surface area contributed by atoms with Gasteiger partial charge in [-0.25, -0.2) is 0 Å². The molecular weight excluding hydrogens is 136 g/mol. The van der Waals surface area contributed by atoms with Gasteiger partial charge in [-0.2, -0.15) is 0 Å². The van der Waals surface area contributed by atoms with Crippen LogP contribution in [0, 0.1) is 11.8 Å². The van der Waals surface area contributed by atoms with Gasteiger partial charge in [0, 0.05) is 6.61 Å². The van der Waals surface area contributed by atoms with Gasteiger partial charge in [0.15, 0.2) is 0 Å². The average Bonchev–Trinajstić information content (AvgIpc) is 1.98. The third-order valence-electron chi connectivity index (χ3n) is 2.23. The maximum Gasteiger partial charge on any atom is 0.0459 e. The minimum Gasteiger partial charge on any atom is -0.396 e. The van der Waals surface area contributed by atoms with Crippen LogP contribution in [-0.4, -0.2) is 11.7 Å². The Hall–Kier alpha value is -0.0400. The molecule has 0 aromatic rings. The summed E-state index contributed by atoms with van der Waals surface area (Å²) >= 11 is 0. The van der Waals surface area contributed by atoms with Gasteiger partial charge in [-0.15, -0.1) is 0 Å². The highest BCUT2D eigenvalue weighted by atomic mass is 16.3. The molecule has 0 unspecified atom stereocenters. The van der Waals surface area contributed by atoms with Crippen LogP contribution in [0.2, 0.25) is 0 Å². The van der Waals surface area contributed by atoms with Gasteiger partial charge in [-0.05, 0) is 18.3 Å². The van der Waals surface area contributed by atoms with Gasteiger partial charge in [0.25, 0.3) is 0 Å². The van der Waals surface area contributed by atoms with Crippen LogP contribution in [-0.2, 0) is 0 Å². The summed E-state index contributed by atoms with van der Waals surface area (Å²) in [5, 5.41) is 8.89. The Bertz CT molecular complexity index is 74.9. The zero-order valence-corrected chi connectivity index (χ0v) is 8.14. The van der Waals surface area contributed by atoms with Gasteiger partial charge in [0.1, 0.15) is 0 Å². The van der Waals surface area contributed by atoms with E-state index in [9.17, 15) is 0 Å². The molecule has 1 nitrogen and oxygen atoms in total. The van der Waals surface area contributed by atoms with E-state index in [4.69, 9.17) is 5.11 Å². The van der Waals surface area contributed by atoms with Crippen LogP contribution >= 0.6 is 0 Å². The van der Waals surface area contributed by atoms with Crippen molar-refractivity contribution in [3.63, 3.8) is 0 Å². The Morgan fingerprint density at radius 1 is 1.18 bits per heavy atom. The molecular formula is C10H22O. The van der Waals surface area contributed by atoms with E-state index < -0.39 is 0 Å². The monoisotopic (exact) mass is 158 g/mol. The second-order valence-electron chi connectivity index (χ2n) is 3.78. The molecule has 0 saturated carbocycles. The standard InChI is InChI=1S/C10H22O/c1-4-10(8-11)7-5-6-9(2)3/h9-11H,4-8H2,1-3H3/t10-/m1/s1. The average molecular weight is 158 g/mol. The second kappa shape index (κ2) is 6.66. The third kappa shape index (κ3) is 6.36. The SMILES string of the molecule is CC[C@@H](CO)CCCC(C)C. The lowest BCUT2D eigenvalue weighted by molar-refractivity contribution is 0.210. The summed E-state index contributed by atoms with van der Waals surface area (Å²) in [6, 6.07) is 0. The van der Waals surface area contributed by atoms with E-state index in [0.717, 1.165) is 12.3 Å². The Labute approximate surface area is 70.8 Å². The zero-order chi connectivity index (χ0) is 8.69. The fraction of sp³-hybridized carbons (Fsp3) is 1.00. The lowest BCUT2D eigenvalue weighted by atomic mass is 9.97. The van der Waals surface area contributed by atoms with Crippen molar-refractivity contribution in [3.8, 4) is 0 Å². The molecule has 0 aliphatic rings. The molecule has 0 heterocycles. The van der Waals surface area contributed by atoms with Crippen LogP contribution in [0.4, 0.5) is 0 Å². The molecule has 0 saturated heterocycles. The molecule has 68 valence electrons. The smallest absolute Gasteiger partial charge is 0.0459 e. The molecule has 0 aromatic carbocycles. The maximum absolute atomic E-state index is 8.89. The van der Waals surface area contributed by atoms with Gasteiger partial charge < -0.3 is 5.11 Å². The summed E-state index contributed by atoms with van der Waals surface area (Å²) in [7, 11) is 0. The van der Waals surface area contributed by atoms with E-state index in [1.165, 1.54) is 19.3 Å². The molecule has 0 aliphatic heterocycles. The highest BCUT2D eigenvalue weighted by Gasteiger charge is 2.04. The van der Waals surface area contributed by atoms with Gasteiger partial charge >= 0.3 is 0 Å². The van der Waals surface area contributed by atoms with Crippen molar-refractivity contribution in [1.82, 2.24) is 0 Å². The number of aliphatic hydroxyl groups is 1. The van der Waals surface area contributed by atoms with Gasteiger partial charge in [-0.3, -0.25) is 0 Å². The molecule has 11 heavy (non-hydrogen) atoms. The van der Waals surface area contributed by atoms with Crippen molar-refractivity contribution in [2.24, 2.45) is 11.8 Å². The minimum absolute atomic E-state index is 0.370. The van der Waals surface area contributed by atoms with Crippen LogP contribution in [0.3, 0.4) is 0 Å². The Morgan fingerprint density at radius 3 is 2.18 bits per heavy atom. The van der Waals surface area contributed by atoms with Gasteiger partial charge in [-0.1, -0.05) is 40.0 Å². The van der Waals surface area contributed by atoms with Crippen molar-refractivity contribution < 1.29 is 5.11 Å². The van der Waals surface area contributed by atoms with Crippen molar-refractivity contribution >= 4 is 0 Å². The molecule has 0 aromatic heterocycles. The van der Waals surface area contributed by atoms with Crippen LogP contribution in [0.1, 0.15) is 46.5 Å². The molecule has 0 rings (SSSR count). The first-order chi connectivity index (χ1) is 5.20. The molecule has 0 radical (unpaired) electrons. The molecule has 0 fully saturated rings. The summed E-state index contributed by atoms with van der Waals surface area (Å²) in [5.74, 6) is 1.36. The summed E-state index contributed by atoms with van der Waals surface area (Å²) in [6.45, 7) is 7.02. The lowest BCUT2D eigenvalue weighted by Gasteiger charge is -2.11. The molecule has 0 bridgehead atoms. The van der Waals surface area contributed by atoms with Crippen molar-refractivity contribution in [2.45, 2.75) is 46.5 Å². The number of rotatable bonds is 6. The van der Waals surface area contributed by atoms with Gasteiger partial charge in [0.05, 0.1) is 0 Å². The second-order valence-corrected chi connectivity index (χ2v) is 3.78. The van der Waals surface area contributed by atoms with E-state index in [-0.39, 0.29) is 0 Å². The molecule has 0 spiro atoms. The highest BCUT2D eigenvalue weighted by Crippen LogP contribution is 2.14. The van der Waals surface area contributed by atoms with Crippen LogP contribution in [0.15, 0.2) is 0 Å². The van der Waals surface area contributed by atoms with Crippen molar-refractivity contribution in [1.29, 1.82) is 0 Å². The largest absolute Gasteiger partial charge is 0.396 e. The minimum atomic E-state index is 0.370. The summed E-state index contributed by atoms with van der Waals surface area (Å²) in [4.78, 5) is 0. The first kappa shape index (κ1) is 11.0. The number of hydrogen-bond donors (Lipinski definition) is 1.